The van der Waals surface area contributed by atoms with E-state index >= 15 is 0 Å². The van der Waals surface area contributed by atoms with Gasteiger partial charge in [-0.3, -0.25) is 0 Å². The summed E-state index contributed by atoms with van der Waals surface area (Å²) in [6.45, 7) is 2.31. The number of hydrogen-bond acceptors (Lipinski definition) is 3. The molecule has 2 atom stereocenters. The van der Waals surface area contributed by atoms with Gasteiger partial charge in [-0.2, -0.15) is 8.75 Å². The number of hydrogen-bond donors (Lipinski definition) is 0. The lowest BCUT2D eigenvalue weighted by atomic mass is 10.0. The molecule has 0 radical (unpaired) electrons. The highest BCUT2D eigenvalue weighted by Crippen LogP contribution is 2.55. The molecule has 0 amide bonds. The number of rotatable bonds is 3. The van der Waals surface area contributed by atoms with Gasteiger partial charge in [0.25, 0.3) is 0 Å². The van der Waals surface area contributed by atoms with Crippen LogP contribution in [0.3, 0.4) is 0 Å². The highest BCUT2D eigenvalue weighted by molar-refractivity contribution is 9.09. The predicted molar refractivity (Wildman–Crippen MR) is 53.6 cm³/mol. The van der Waals surface area contributed by atoms with E-state index in [1.54, 1.807) is 0 Å². The SMILES string of the molecule is CC1CC1(CBr)Cc1cnsn1. The minimum absolute atomic E-state index is 0.496. The molecule has 2 rings (SSSR count). The van der Waals surface area contributed by atoms with Crippen molar-refractivity contribution in [2.45, 2.75) is 19.8 Å². The van der Waals surface area contributed by atoms with Crippen LogP contribution in [-0.4, -0.2) is 14.1 Å². The Morgan fingerprint density at radius 1 is 1.83 bits per heavy atom. The van der Waals surface area contributed by atoms with Crippen LogP contribution in [-0.2, 0) is 6.42 Å². The first-order valence-electron chi connectivity index (χ1n) is 4.09. The van der Waals surface area contributed by atoms with Crippen LogP contribution in [0, 0.1) is 11.3 Å². The molecule has 0 aromatic carbocycles. The standard InChI is InChI=1S/C8H11BrN2S/c1-6-2-8(6,5-9)3-7-4-10-12-11-7/h4,6H,2-3,5H2,1H3. The minimum Gasteiger partial charge on any atom is -0.181 e. The molecule has 1 aromatic rings. The number of aromatic nitrogens is 2. The molecule has 0 spiro atoms. The summed E-state index contributed by atoms with van der Waals surface area (Å²) in [7, 11) is 0. The maximum atomic E-state index is 4.23. The van der Waals surface area contributed by atoms with Gasteiger partial charge < -0.3 is 0 Å². The summed E-state index contributed by atoms with van der Waals surface area (Å²) >= 11 is 4.88. The average molecular weight is 247 g/mol. The summed E-state index contributed by atoms with van der Waals surface area (Å²) in [6, 6.07) is 0. The summed E-state index contributed by atoms with van der Waals surface area (Å²) in [5.41, 5.74) is 1.65. The molecular weight excluding hydrogens is 236 g/mol. The molecule has 1 saturated carbocycles. The topological polar surface area (TPSA) is 25.8 Å². The molecule has 1 fully saturated rings. The van der Waals surface area contributed by atoms with E-state index < -0.39 is 0 Å². The van der Waals surface area contributed by atoms with E-state index in [9.17, 15) is 0 Å². The Kier molecular flexibility index (Phi) is 2.21. The molecule has 0 N–H and O–H groups in total. The van der Waals surface area contributed by atoms with E-state index in [-0.39, 0.29) is 0 Å². The molecule has 0 bridgehead atoms. The maximum absolute atomic E-state index is 4.23. The van der Waals surface area contributed by atoms with Crippen LogP contribution >= 0.6 is 27.7 Å². The zero-order valence-corrected chi connectivity index (χ0v) is 9.36. The first kappa shape index (κ1) is 8.63. The Morgan fingerprint density at radius 2 is 2.58 bits per heavy atom. The first-order chi connectivity index (χ1) is 5.77. The van der Waals surface area contributed by atoms with Gasteiger partial charge in [0, 0.05) is 5.33 Å². The molecule has 12 heavy (non-hydrogen) atoms. The van der Waals surface area contributed by atoms with E-state index in [2.05, 4.69) is 31.6 Å². The van der Waals surface area contributed by atoms with Crippen molar-refractivity contribution in [1.29, 1.82) is 0 Å². The van der Waals surface area contributed by atoms with Gasteiger partial charge in [0.05, 0.1) is 23.6 Å². The van der Waals surface area contributed by atoms with Crippen molar-refractivity contribution >= 4 is 27.7 Å². The molecule has 1 aliphatic rings. The summed E-state index contributed by atoms with van der Waals surface area (Å²) < 4.78 is 8.24. The van der Waals surface area contributed by atoms with Crippen molar-refractivity contribution in [2.75, 3.05) is 5.33 Å². The second kappa shape index (κ2) is 3.07. The van der Waals surface area contributed by atoms with Crippen LogP contribution in [0.2, 0.25) is 0 Å². The molecule has 2 unspecified atom stereocenters. The fourth-order valence-corrected chi connectivity index (χ4v) is 3.07. The van der Waals surface area contributed by atoms with Gasteiger partial charge in [0.1, 0.15) is 0 Å². The van der Waals surface area contributed by atoms with Gasteiger partial charge in [0.15, 0.2) is 0 Å². The molecule has 1 heterocycles. The van der Waals surface area contributed by atoms with E-state index in [4.69, 9.17) is 0 Å². The second-order valence-corrected chi connectivity index (χ2v) is 4.79. The van der Waals surface area contributed by atoms with Crippen molar-refractivity contribution < 1.29 is 0 Å². The quantitative estimate of drug-likeness (QED) is 0.767. The molecule has 1 aromatic heterocycles. The zero-order valence-electron chi connectivity index (χ0n) is 6.96. The van der Waals surface area contributed by atoms with Crippen LogP contribution < -0.4 is 0 Å². The van der Waals surface area contributed by atoms with Crippen molar-refractivity contribution in [3.8, 4) is 0 Å². The zero-order chi connectivity index (χ0) is 8.60. The van der Waals surface area contributed by atoms with Crippen LogP contribution in [0.15, 0.2) is 6.20 Å². The molecule has 0 aliphatic heterocycles. The third-order valence-electron chi connectivity index (χ3n) is 2.80. The average Bonchev–Trinajstić information content (AvgIpc) is 2.51. The lowest BCUT2D eigenvalue weighted by Crippen LogP contribution is -2.09. The van der Waals surface area contributed by atoms with Gasteiger partial charge in [-0.15, -0.1) is 0 Å². The minimum atomic E-state index is 0.496. The Bertz CT molecular complexity index is 258. The maximum Gasteiger partial charge on any atom is 0.0748 e. The Labute approximate surface area is 84.8 Å². The van der Waals surface area contributed by atoms with Gasteiger partial charge in [0.2, 0.25) is 0 Å². The third kappa shape index (κ3) is 1.42. The van der Waals surface area contributed by atoms with Gasteiger partial charge in [-0.05, 0) is 24.2 Å². The van der Waals surface area contributed by atoms with Crippen LogP contribution in [0.5, 0.6) is 0 Å². The summed E-state index contributed by atoms with van der Waals surface area (Å²) in [5, 5.41) is 1.10. The number of halogens is 1. The summed E-state index contributed by atoms with van der Waals surface area (Å²) in [6.07, 6.45) is 4.31. The number of nitrogens with zero attached hydrogens (tertiary/aromatic N) is 2. The molecule has 66 valence electrons. The first-order valence-corrected chi connectivity index (χ1v) is 5.94. The van der Waals surface area contributed by atoms with Gasteiger partial charge >= 0.3 is 0 Å². The smallest absolute Gasteiger partial charge is 0.0748 e. The largest absolute Gasteiger partial charge is 0.181 e. The Morgan fingerprint density at radius 3 is 3.00 bits per heavy atom. The number of alkyl halides is 1. The van der Waals surface area contributed by atoms with Gasteiger partial charge in [-0.25, -0.2) is 0 Å². The van der Waals surface area contributed by atoms with E-state index in [1.807, 2.05) is 6.20 Å². The van der Waals surface area contributed by atoms with Gasteiger partial charge in [-0.1, -0.05) is 22.9 Å². The van der Waals surface area contributed by atoms with Crippen molar-refractivity contribution in [3.63, 3.8) is 0 Å². The Balaban J connectivity index is 2.04. The van der Waals surface area contributed by atoms with E-state index in [1.165, 1.54) is 18.1 Å². The van der Waals surface area contributed by atoms with Crippen molar-refractivity contribution in [1.82, 2.24) is 8.75 Å². The normalized spacial score (nSPS) is 33.7. The molecule has 2 nitrogen and oxygen atoms in total. The lowest BCUT2D eigenvalue weighted by molar-refractivity contribution is 0.527. The van der Waals surface area contributed by atoms with Crippen molar-refractivity contribution in [2.24, 2.45) is 11.3 Å². The summed E-state index contributed by atoms with van der Waals surface area (Å²) in [5.74, 6) is 0.846. The monoisotopic (exact) mass is 246 g/mol. The predicted octanol–water partition coefficient (Wildman–Crippen LogP) is 2.50. The molecule has 0 saturated heterocycles. The Hall–Kier alpha value is 0.0400. The fraction of sp³-hybridized carbons (Fsp3) is 0.750. The van der Waals surface area contributed by atoms with Crippen molar-refractivity contribution in [3.05, 3.63) is 11.9 Å². The van der Waals surface area contributed by atoms with Crippen LogP contribution in [0.4, 0.5) is 0 Å². The lowest BCUT2D eigenvalue weighted by Gasteiger charge is -2.09. The fourth-order valence-electron chi connectivity index (χ4n) is 1.65. The molecular formula is C8H11BrN2S. The third-order valence-corrected chi connectivity index (χ3v) is 4.44. The molecule has 1 aliphatic carbocycles. The highest BCUT2D eigenvalue weighted by atomic mass is 79.9. The van der Waals surface area contributed by atoms with Crippen LogP contribution in [0.1, 0.15) is 19.0 Å². The summed E-state index contributed by atoms with van der Waals surface area (Å²) in [4.78, 5) is 0. The second-order valence-electron chi connectivity index (χ2n) is 3.68. The van der Waals surface area contributed by atoms with E-state index in [0.29, 0.717) is 5.41 Å². The van der Waals surface area contributed by atoms with Crippen LogP contribution in [0.25, 0.3) is 0 Å². The van der Waals surface area contributed by atoms with E-state index in [0.717, 1.165) is 23.4 Å². The molecule has 4 heteroatoms. The highest BCUT2D eigenvalue weighted by Gasteiger charge is 2.50.